The predicted octanol–water partition coefficient (Wildman–Crippen LogP) is 1.59. The molecular formula is C16H21N4OS+. The van der Waals surface area contributed by atoms with E-state index >= 15 is 0 Å². The molecule has 5 nitrogen and oxygen atoms in total. The van der Waals surface area contributed by atoms with E-state index in [1.807, 2.05) is 48.7 Å². The molecule has 4 N–H and O–H groups in total. The number of ether oxygens (including phenoxy) is 1. The lowest BCUT2D eigenvalue weighted by atomic mass is 10.2. The molecule has 22 heavy (non-hydrogen) atoms. The Hall–Kier alpha value is -2.34. The fourth-order valence-electron chi connectivity index (χ4n) is 1.86. The fraction of sp³-hybridized carbons (Fsp3) is 0.250. The van der Waals surface area contributed by atoms with Gasteiger partial charge >= 0.3 is 0 Å². The van der Waals surface area contributed by atoms with Gasteiger partial charge in [0, 0.05) is 12.6 Å². The fourth-order valence-corrected chi connectivity index (χ4v) is 2.04. The predicted molar refractivity (Wildman–Crippen MR) is 91.9 cm³/mol. The largest absolute Gasteiger partial charge is 0.497 e. The quantitative estimate of drug-likeness (QED) is 0.535. The van der Waals surface area contributed by atoms with Crippen molar-refractivity contribution in [1.29, 1.82) is 0 Å². The molecule has 0 aliphatic rings. The normalized spacial score (nSPS) is 9.86. The van der Waals surface area contributed by atoms with E-state index in [9.17, 15) is 0 Å². The molecule has 0 bridgehead atoms. The Balaban J connectivity index is 1.61. The van der Waals surface area contributed by atoms with E-state index < -0.39 is 0 Å². The van der Waals surface area contributed by atoms with Crippen LogP contribution in [-0.2, 0) is 6.54 Å². The highest BCUT2D eigenvalue weighted by Gasteiger charge is 2.00. The molecule has 1 aromatic heterocycles. The molecule has 0 aliphatic carbocycles. The summed E-state index contributed by atoms with van der Waals surface area (Å²) in [5.41, 5.74) is 1.15. The number of benzene rings is 1. The van der Waals surface area contributed by atoms with E-state index in [0.717, 1.165) is 30.2 Å². The van der Waals surface area contributed by atoms with Crippen molar-refractivity contribution in [1.82, 2.24) is 10.6 Å². The van der Waals surface area contributed by atoms with Gasteiger partial charge in [-0.2, -0.15) is 0 Å². The smallest absolute Gasteiger partial charge is 0.272 e. The summed E-state index contributed by atoms with van der Waals surface area (Å²) in [5, 5.41) is 10.3. The maximum absolute atomic E-state index is 5.25. The van der Waals surface area contributed by atoms with Gasteiger partial charge in [0.05, 0.1) is 19.9 Å². The lowest BCUT2D eigenvalue weighted by Crippen LogP contribution is -2.37. The second-order valence-corrected chi connectivity index (χ2v) is 5.07. The molecule has 0 amide bonds. The third-order valence-electron chi connectivity index (χ3n) is 3.05. The summed E-state index contributed by atoms with van der Waals surface area (Å²) in [6.07, 6.45) is 1.89. The third-order valence-corrected chi connectivity index (χ3v) is 3.34. The van der Waals surface area contributed by atoms with E-state index in [0.29, 0.717) is 11.7 Å². The maximum Gasteiger partial charge on any atom is 0.272 e. The van der Waals surface area contributed by atoms with E-state index in [4.69, 9.17) is 17.0 Å². The van der Waals surface area contributed by atoms with Crippen LogP contribution in [0.5, 0.6) is 5.75 Å². The SMILES string of the molecule is COc1ccc(CNC(=S)NCCNc2cccc[nH+]2)cc1. The molecule has 0 saturated heterocycles. The molecule has 2 aromatic rings. The second kappa shape index (κ2) is 8.84. The van der Waals surface area contributed by atoms with Crippen molar-refractivity contribution in [3.8, 4) is 5.75 Å². The van der Waals surface area contributed by atoms with Crippen molar-refractivity contribution >= 4 is 23.1 Å². The molecule has 1 heterocycles. The summed E-state index contributed by atoms with van der Waals surface area (Å²) in [4.78, 5) is 3.11. The third kappa shape index (κ3) is 5.57. The van der Waals surface area contributed by atoms with Crippen LogP contribution >= 0.6 is 12.2 Å². The molecule has 0 atom stereocenters. The zero-order valence-corrected chi connectivity index (χ0v) is 13.4. The minimum absolute atomic E-state index is 0.648. The number of methoxy groups -OCH3 is 1. The summed E-state index contributed by atoms with van der Waals surface area (Å²) in [7, 11) is 1.66. The van der Waals surface area contributed by atoms with Gasteiger partial charge in [-0.25, -0.2) is 4.98 Å². The van der Waals surface area contributed by atoms with Crippen LogP contribution in [0.2, 0.25) is 0 Å². The number of rotatable bonds is 7. The van der Waals surface area contributed by atoms with Crippen molar-refractivity contribution in [3.05, 3.63) is 54.2 Å². The van der Waals surface area contributed by atoms with Crippen molar-refractivity contribution in [2.75, 3.05) is 25.5 Å². The molecule has 0 unspecified atom stereocenters. The molecule has 6 heteroatoms. The first-order valence-corrected chi connectivity index (χ1v) is 7.54. The molecule has 0 radical (unpaired) electrons. The summed E-state index contributed by atoms with van der Waals surface area (Å²) in [6, 6.07) is 13.8. The molecule has 0 saturated carbocycles. The first kappa shape index (κ1) is 16.0. The van der Waals surface area contributed by atoms with Gasteiger partial charge in [0.25, 0.3) is 5.82 Å². The van der Waals surface area contributed by atoms with Crippen LogP contribution in [0.1, 0.15) is 5.56 Å². The topological polar surface area (TPSA) is 59.5 Å². The van der Waals surface area contributed by atoms with E-state index in [-0.39, 0.29) is 0 Å². The first-order valence-electron chi connectivity index (χ1n) is 7.13. The lowest BCUT2D eigenvalue weighted by Gasteiger charge is -2.10. The zero-order chi connectivity index (χ0) is 15.6. The first-order chi connectivity index (χ1) is 10.8. The molecule has 0 spiro atoms. The second-order valence-electron chi connectivity index (χ2n) is 4.66. The monoisotopic (exact) mass is 317 g/mol. The maximum atomic E-state index is 5.25. The number of hydrogen-bond acceptors (Lipinski definition) is 3. The summed E-state index contributed by atoms with van der Waals surface area (Å²) in [6.45, 7) is 2.22. The number of thiocarbonyl (C=S) groups is 1. The number of nitrogens with one attached hydrogen (secondary N) is 4. The number of aromatic amines is 1. The number of H-pyrrole nitrogens is 1. The van der Waals surface area contributed by atoms with Gasteiger partial charge in [0.2, 0.25) is 0 Å². The van der Waals surface area contributed by atoms with Crippen molar-refractivity contribution in [3.63, 3.8) is 0 Å². The molecule has 2 rings (SSSR count). The minimum atomic E-state index is 0.648. The zero-order valence-electron chi connectivity index (χ0n) is 12.6. The number of aromatic nitrogens is 1. The van der Waals surface area contributed by atoms with Gasteiger partial charge in [-0.1, -0.05) is 18.2 Å². The molecule has 0 fully saturated rings. The minimum Gasteiger partial charge on any atom is -0.497 e. The average Bonchev–Trinajstić information content (AvgIpc) is 2.58. The standard InChI is InChI=1S/C16H20N4OS/c1-21-14-7-5-13(6-8-14)12-20-16(22)19-11-10-18-15-4-2-3-9-17-15/h2-9H,10-12H2,1H3,(H,17,18)(H2,19,20,22)/p+1. The average molecular weight is 317 g/mol. The van der Waals surface area contributed by atoms with Crippen molar-refractivity contribution in [2.24, 2.45) is 0 Å². The number of hydrogen-bond donors (Lipinski definition) is 3. The summed E-state index contributed by atoms with van der Waals surface area (Å²) in [5.74, 6) is 1.84. The Bertz CT molecular complexity index is 574. The van der Waals surface area contributed by atoms with Crippen molar-refractivity contribution in [2.45, 2.75) is 6.54 Å². The van der Waals surface area contributed by atoms with Crippen LogP contribution in [0.25, 0.3) is 0 Å². The van der Waals surface area contributed by atoms with E-state index in [1.54, 1.807) is 7.11 Å². The van der Waals surface area contributed by atoms with Crippen LogP contribution < -0.4 is 25.7 Å². The molecule has 1 aromatic carbocycles. The van der Waals surface area contributed by atoms with Gasteiger partial charge in [0.15, 0.2) is 5.11 Å². The molecule has 0 aliphatic heterocycles. The highest BCUT2D eigenvalue weighted by molar-refractivity contribution is 7.80. The highest BCUT2D eigenvalue weighted by Crippen LogP contribution is 2.10. The van der Waals surface area contributed by atoms with Crippen LogP contribution in [0.15, 0.2) is 48.7 Å². The lowest BCUT2D eigenvalue weighted by molar-refractivity contribution is -0.361. The Morgan fingerprint density at radius 3 is 2.59 bits per heavy atom. The van der Waals surface area contributed by atoms with Crippen LogP contribution in [-0.4, -0.2) is 25.3 Å². The molecular weight excluding hydrogens is 296 g/mol. The Morgan fingerprint density at radius 1 is 1.09 bits per heavy atom. The van der Waals surface area contributed by atoms with Gasteiger partial charge in [-0.15, -0.1) is 0 Å². The Kier molecular flexibility index (Phi) is 6.44. The number of pyridine rings is 1. The highest BCUT2D eigenvalue weighted by atomic mass is 32.1. The van der Waals surface area contributed by atoms with Gasteiger partial charge in [-0.05, 0) is 36.0 Å². The Morgan fingerprint density at radius 2 is 1.91 bits per heavy atom. The van der Waals surface area contributed by atoms with Gasteiger partial charge in [0.1, 0.15) is 12.3 Å². The summed E-state index contributed by atoms with van der Waals surface area (Å²) < 4.78 is 5.13. The van der Waals surface area contributed by atoms with Gasteiger partial charge in [-0.3, -0.25) is 5.32 Å². The van der Waals surface area contributed by atoms with Crippen molar-refractivity contribution < 1.29 is 9.72 Å². The van der Waals surface area contributed by atoms with Crippen LogP contribution in [0.4, 0.5) is 5.82 Å². The Labute approximate surface area is 136 Å². The summed E-state index contributed by atoms with van der Waals surface area (Å²) >= 11 is 5.25. The van der Waals surface area contributed by atoms with Gasteiger partial charge < -0.3 is 15.4 Å². The van der Waals surface area contributed by atoms with E-state index in [2.05, 4.69) is 20.9 Å². The number of anilines is 1. The van der Waals surface area contributed by atoms with Crippen LogP contribution in [0, 0.1) is 0 Å². The molecule has 116 valence electrons. The van der Waals surface area contributed by atoms with E-state index in [1.165, 1.54) is 0 Å². The van der Waals surface area contributed by atoms with Crippen LogP contribution in [0.3, 0.4) is 0 Å².